The zero-order valence-corrected chi connectivity index (χ0v) is 14.7. The van der Waals surface area contributed by atoms with Crippen LogP contribution in [0, 0.1) is 6.92 Å². The van der Waals surface area contributed by atoms with Crippen LogP contribution in [0.15, 0.2) is 34.3 Å². The lowest BCUT2D eigenvalue weighted by Gasteiger charge is -2.07. The quantitative estimate of drug-likeness (QED) is 0.576. The minimum Gasteiger partial charge on any atom is -0.454 e. The molecule has 5 rings (SSSR count). The van der Waals surface area contributed by atoms with Crippen LogP contribution in [0.4, 0.5) is 5.13 Å². The molecule has 4 aromatic rings. The standard InChI is InChI=1S/C17H11N5O4S/c1-8-14-10(15(23)20-17-21-18-6-27-17)5-11(19-16(14)26-22-8)9-2-3-12-13(4-9)25-7-24-12/h2-6H,7H2,1H3,(H,20,21,23). The Morgan fingerprint density at radius 1 is 1.22 bits per heavy atom. The molecule has 0 fully saturated rings. The molecule has 0 unspecified atom stereocenters. The maximum atomic E-state index is 12.8. The number of ether oxygens (including phenoxy) is 2. The van der Waals surface area contributed by atoms with Crippen molar-refractivity contribution in [1.82, 2.24) is 20.3 Å². The van der Waals surface area contributed by atoms with Crippen LogP contribution in [-0.4, -0.2) is 33.0 Å². The zero-order valence-electron chi connectivity index (χ0n) is 13.9. The van der Waals surface area contributed by atoms with Gasteiger partial charge < -0.3 is 14.0 Å². The van der Waals surface area contributed by atoms with Gasteiger partial charge in [-0.2, -0.15) is 0 Å². The molecule has 0 spiro atoms. The summed E-state index contributed by atoms with van der Waals surface area (Å²) in [6, 6.07) is 7.15. The maximum Gasteiger partial charge on any atom is 0.259 e. The number of nitrogens with zero attached hydrogens (tertiary/aromatic N) is 4. The van der Waals surface area contributed by atoms with Gasteiger partial charge >= 0.3 is 0 Å². The van der Waals surface area contributed by atoms with E-state index in [1.54, 1.807) is 24.6 Å². The second-order valence-electron chi connectivity index (χ2n) is 5.77. The summed E-state index contributed by atoms with van der Waals surface area (Å²) >= 11 is 1.23. The number of carbonyl (C=O) groups is 1. The highest BCUT2D eigenvalue weighted by atomic mass is 32.1. The van der Waals surface area contributed by atoms with E-state index in [1.807, 2.05) is 12.1 Å². The van der Waals surface area contributed by atoms with Gasteiger partial charge in [0.15, 0.2) is 11.5 Å². The Balaban J connectivity index is 1.63. The van der Waals surface area contributed by atoms with Crippen molar-refractivity contribution in [1.29, 1.82) is 0 Å². The van der Waals surface area contributed by atoms with Gasteiger partial charge in [0, 0.05) is 5.56 Å². The number of hydrogen-bond acceptors (Lipinski definition) is 9. The topological polar surface area (TPSA) is 112 Å². The number of rotatable bonds is 3. The van der Waals surface area contributed by atoms with Gasteiger partial charge in [0.1, 0.15) is 5.51 Å². The lowest BCUT2D eigenvalue weighted by atomic mass is 10.0. The van der Waals surface area contributed by atoms with E-state index >= 15 is 0 Å². The van der Waals surface area contributed by atoms with Crippen LogP contribution in [0.3, 0.4) is 0 Å². The normalized spacial score (nSPS) is 12.5. The van der Waals surface area contributed by atoms with E-state index in [0.717, 1.165) is 5.56 Å². The molecule has 4 heterocycles. The smallest absolute Gasteiger partial charge is 0.259 e. The Hall–Kier alpha value is -3.53. The van der Waals surface area contributed by atoms with Gasteiger partial charge in [-0.3, -0.25) is 10.1 Å². The molecule has 0 aliphatic carbocycles. The second-order valence-corrected chi connectivity index (χ2v) is 6.60. The van der Waals surface area contributed by atoms with Gasteiger partial charge in [-0.25, -0.2) is 4.98 Å². The molecule has 0 bridgehead atoms. The van der Waals surface area contributed by atoms with E-state index in [1.165, 1.54) is 11.3 Å². The third kappa shape index (κ3) is 2.66. The van der Waals surface area contributed by atoms with Crippen molar-refractivity contribution in [2.45, 2.75) is 6.92 Å². The lowest BCUT2D eigenvalue weighted by Crippen LogP contribution is -2.13. The molecule has 0 atom stereocenters. The number of nitrogens with one attached hydrogen (secondary N) is 1. The molecule has 3 aromatic heterocycles. The maximum absolute atomic E-state index is 12.8. The molecule has 27 heavy (non-hydrogen) atoms. The summed E-state index contributed by atoms with van der Waals surface area (Å²) in [7, 11) is 0. The van der Waals surface area contributed by atoms with Crippen LogP contribution < -0.4 is 14.8 Å². The Kier molecular flexibility index (Phi) is 3.50. The number of aromatic nitrogens is 4. The highest BCUT2D eigenvalue weighted by molar-refractivity contribution is 7.13. The van der Waals surface area contributed by atoms with E-state index in [0.29, 0.717) is 39.0 Å². The van der Waals surface area contributed by atoms with Gasteiger partial charge in [-0.15, -0.1) is 10.2 Å². The molecule has 1 aliphatic rings. The van der Waals surface area contributed by atoms with E-state index in [4.69, 9.17) is 14.0 Å². The Bertz CT molecular complexity index is 1170. The predicted molar refractivity (Wildman–Crippen MR) is 96.0 cm³/mol. The zero-order chi connectivity index (χ0) is 18.4. The summed E-state index contributed by atoms with van der Waals surface area (Å²) in [5, 5.41) is 15.2. The number of amides is 1. The fraction of sp³-hybridized carbons (Fsp3) is 0.118. The molecule has 1 aromatic carbocycles. The van der Waals surface area contributed by atoms with Crippen LogP contribution in [0.25, 0.3) is 22.4 Å². The summed E-state index contributed by atoms with van der Waals surface area (Å²) < 4.78 is 16.1. The van der Waals surface area contributed by atoms with Gasteiger partial charge in [-0.1, -0.05) is 16.5 Å². The second kappa shape index (κ2) is 6.02. The molecule has 10 heteroatoms. The Labute approximate surface area is 155 Å². The summed E-state index contributed by atoms with van der Waals surface area (Å²) in [4.78, 5) is 17.3. The van der Waals surface area contributed by atoms with Crippen LogP contribution in [-0.2, 0) is 0 Å². The molecule has 1 amide bonds. The molecule has 9 nitrogen and oxygen atoms in total. The molecular weight excluding hydrogens is 370 g/mol. The Morgan fingerprint density at radius 3 is 2.96 bits per heavy atom. The van der Waals surface area contributed by atoms with Gasteiger partial charge in [0.05, 0.1) is 22.3 Å². The molecule has 0 radical (unpaired) electrons. The fourth-order valence-electron chi connectivity index (χ4n) is 2.87. The lowest BCUT2D eigenvalue weighted by molar-refractivity contribution is 0.102. The third-order valence-corrected chi connectivity index (χ3v) is 4.72. The first-order valence-electron chi connectivity index (χ1n) is 7.93. The number of aryl methyl sites for hydroxylation is 1. The highest BCUT2D eigenvalue weighted by Crippen LogP contribution is 2.36. The fourth-order valence-corrected chi connectivity index (χ4v) is 3.31. The molecule has 1 aliphatic heterocycles. The van der Waals surface area contributed by atoms with E-state index < -0.39 is 0 Å². The monoisotopic (exact) mass is 381 g/mol. The van der Waals surface area contributed by atoms with E-state index in [9.17, 15) is 4.79 Å². The van der Waals surface area contributed by atoms with Crippen molar-refractivity contribution in [3.8, 4) is 22.8 Å². The first-order valence-corrected chi connectivity index (χ1v) is 8.81. The predicted octanol–water partition coefficient (Wildman–Crippen LogP) is 3.03. The molecule has 134 valence electrons. The van der Waals surface area contributed by atoms with Crippen LogP contribution in [0.2, 0.25) is 0 Å². The van der Waals surface area contributed by atoms with Crippen molar-refractivity contribution in [2.24, 2.45) is 0 Å². The average Bonchev–Trinajstić information content (AvgIpc) is 3.42. The first-order chi connectivity index (χ1) is 13.2. The molecule has 0 saturated carbocycles. The van der Waals surface area contributed by atoms with Gasteiger partial charge in [0.25, 0.3) is 11.6 Å². The summed E-state index contributed by atoms with van der Waals surface area (Å²) in [5.41, 5.74) is 4.11. The van der Waals surface area contributed by atoms with Crippen molar-refractivity contribution >= 4 is 33.5 Å². The number of hydrogen-bond donors (Lipinski definition) is 1. The number of fused-ring (bicyclic) bond motifs is 2. The molecular formula is C17H11N5O4S. The van der Waals surface area contributed by atoms with Crippen LogP contribution in [0.1, 0.15) is 16.1 Å². The summed E-state index contributed by atoms with van der Waals surface area (Å²) in [6.45, 7) is 1.94. The van der Waals surface area contributed by atoms with Crippen molar-refractivity contribution in [3.05, 3.63) is 41.0 Å². The molecule has 0 saturated heterocycles. The number of anilines is 1. The summed E-state index contributed by atoms with van der Waals surface area (Å²) in [6.07, 6.45) is 0. The summed E-state index contributed by atoms with van der Waals surface area (Å²) in [5.74, 6) is 0.958. The third-order valence-electron chi connectivity index (χ3n) is 4.11. The van der Waals surface area contributed by atoms with Gasteiger partial charge in [-0.05, 0) is 31.2 Å². The first kappa shape index (κ1) is 15.7. The van der Waals surface area contributed by atoms with Gasteiger partial charge in [0.2, 0.25) is 11.9 Å². The van der Waals surface area contributed by atoms with Crippen LogP contribution >= 0.6 is 11.3 Å². The van der Waals surface area contributed by atoms with E-state index in [2.05, 4.69) is 25.7 Å². The average molecular weight is 381 g/mol. The van der Waals surface area contributed by atoms with Crippen molar-refractivity contribution in [3.63, 3.8) is 0 Å². The number of carbonyl (C=O) groups excluding carboxylic acids is 1. The van der Waals surface area contributed by atoms with Crippen molar-refractivity contribution < 1.29 is 18.8 Å². The largest absolute Gasteiger partial charge is 0.454 e. The van der Waals surface area contributed by atoms with Crippen LogP contribution in [0.5, 0.6) is 11.5 Å². The molecule has 1 N–H and O–H groups in total. The number of benzene rings is 1. The van der Waals surface area contributed by atoms with Crippen molar-refractivity contribution in [2.75, 3.05) is 12.1 Å². The highest BCUT2D eigenvalue weighted by Gasteiger charge is 2.21. The SMILES string of the molecule is Cc1noc2nc(-c3ccc4c(c3)OCO4)cc(C(=O)Nc3nncs3)c12. The minimum absolute atomic E-state index is 0.183. The van der Waals surface area contributed by atoms with E-state index in [-0.39, 0.29) is 18.4 Å². The minimum atomic E-state index is -0.340. The Morgan fingerprint density at radius 2 is 2.11 bits per heavy atom. The number of pyridine rings is 1.